The molecule has 2 N–H and O–H groups in total. The second-order valence-electron chi connectivity index (χ2n) is 11.2. The van der Waals surface area contributed by atoms with Gasteiger partial charge in [-0.05, 0) is 75.8 Å². The second kappa shape index (κ2) is 14.0. The van der Waals surface area contributed by atoms with E-state index in [0.29, 0.717) is 11.3 Å². The Morgan fingerprint density at radius 1 is 1.12 bits per heavy atom. The normalized spacial score (nSPS) is 23.1. The predicted octanol–water partition coefficient (Wildman–Crippen LogP) is 5.55. The first-order chi connectivity index (χ1) is 19.2. The highest BCUT2D eigenvalue weighted by molar-refractivity contribution is 7.13. The fourth-order valence-corrected chi connectivity index (χ4v) is 6.49. The van der Waals surface area contributed by atoms with Crippen LogP contribution in [0.25, 0.3) is 0 Å². The number of hydrogen-bond donors (Lipinski definition) is 2. The van der Waals surface area contributed by atoms with Gasteiger partial charge in [-0.1, -0.05) is 38.3 Å². The highest BCUT2D eigenvalue weighted by atomic mass is 32.1. The number of aliphatic hydroxyl groups is 2. The van der Waals surface area contributed by atoms with E-state index in [0.717, 1.165) is 67.5 Å². The number of rotatable bonds is 14. The van der Waals surface area contributed by atoms with Crippen LogP contribution < -0.4 is 4.90 Å². The number of anilines is 1. The molecule has 40 heavy (non-hydrogen) atoms. The lowest BCUT2D eigenvalue weighted by Gasteiger charge is -2.25. The Kier molecular flexibility index (Phi) is 10.8. The highest BCUT2D eigenvalue weighted by Crippen LogP contribution is 2.32. The van der Waals surface area contributed by atoms with Crippen molar-refractivity contribution >= 4 is 28.9 Å². The molecule has 0 aliphatic carbocycles. The van der Waals surface area contributed by atoms with Gasteiger partial charge in [0.05, 0.1) is 12.7 Å². The van der Waals surface area contributed by atoms with Crippen LogP contribution >= 0.6 is 11.3 Å². The summed E-state index contributed by atoms with van der Waals surface area (Å²) in [4.78, 5) is 28.9. The minimum atomic E-state index is -0.820. The molecule has 0 saturated carbocycles. The van der Waals surface area contributed by atoms with E-state index < -0.39 is 30.1 Å². The lowest BCUT2D eigenvalue weighted by molar-refractivity contribution is -0.151. The van der Waals surface area contributed by atoms with E-state index in [1.165, 1.54) is 11.3 Å². The average Bonchev–Trinajstić information content (AvgIpc) is 3.64. The van der Waals surface area contributed by atoms with Gasteiger partial charge in [-0.3, -0.25) is 4.79 Å². The molecule has 0 spiro atoms. The molecule has 0 radical (unpaired) electrons. The smallest absolute Gasteiger partial charge is 0.348 e. The van der Waals surface area contributed by atoms with Crippen LogP contribution in [0.4, 0.5) is 5.69 Å². The lowest BCUT2D eigenvalue weighted by Crippen LogP contribution is -2.32. The summed E-state index contributed by atoms with van der Waals surface area (Å²) in [6.45, 7) is 5.50. The molecule has 220 valence electrons. The summed E-state index contributed by atoms with van der Waals surface area (Å²) in [6.07, 6.45) is 6.49. The molecule has 0 bridgehead atoms. The number of nitrogens with zero attached hydrogens (tertiary/aromatic N) is 1. The van der Waals surface area contributed by atoms with Gasteiger partial charge in [0.25, 0.3) is 0 Å². The fourth-order valence-electron chi connectivity index (χ4n) is 5.55. The zero-order valence-electron chi connectivity index (χ0n) is 23.8. The van der Waals surface area contributed by atoms with Crippen LogP contribution in [0, 0.1) is 0 Å². The van der Waals surface area contributed by atoms with E-state index in [-0.39, 0.29) is 25.2 Å². The highest BCUT2D eigenvalue weighted by Gasteiger charge is 2.41. The van der Waals surface area contributed by atoms with Gasteiger partial charge in [-0.2, -0.15) is 0 Å². The second-order valence-corrected chi connectivity index (χ2v) is 12.4. The minimum Gasteiger partial charge on any atom is -0.459 e. The Labute approximate surface area is 241 Å². The molecule has 1 aromatic heterocycles. The summed E-state index contributed by atoms with van der Waals surface area (Å²) in [7, 11) is 0. The maximum atomic E-state index is 12.7. The van der Waals surface area contributed by atoms with E-state index >= 15 is 0 Å². The van der Waals surface area contributed by atoms with Gasteiger partial charge in [-0.15, -0.1) is 11.3 Å². The van der Waals surface area contributed by atoms with Crippen molar-refractivity contribution in [3.63, 3.8) is 0 Å². The molecule has 2 aromatic rings. The number of benzene rings is 1. The van der Waals surface area contributed by atoms with Gasteiger partial charge in [0.2, 0.25) is 5.91 Å². The van der Waals surface area contributed by atoms with Crippen LogP contribution in [0.15, 0.2) is 36.4 Å². The third-order valence-corrected chi connectivity index (χ3v) is 8.75. The Morgan fingerprint density at radius 3 is 2.60 bits per heavy atom. The molecular formula is C31H43NO7S. The molecule has 2 aliphatic heterocycles. The van der Waals surface area contributed by atoms with Crippen LogP contribution in [0.3, 0.4) is 0 Å². The number of hydrogen-bond acceptors (Lipinski definition) is 8. The number of aryl methyl sites for hydroxylation is 1. The van der Waals surface area contributed by atoms with Crippen molar-refractivity contribution in [3.8, 4) is 0 Å². The molecule has 2 fully saturated rings. The topological polar surface area (TPSA) is 106 Å². The van der Waals surface area contributed by atoms with Gasteiger partial charge in [-0.25, -0.2) is 4.79 Å². The quantitative estimate of drug-likeness (QED) is 0.226. The van der Waals surface area contributed by atoms with Crippen molar-refractivity contribution in [3.05, 3.63) is 51.7 Å². The SMILES string of the molecule is CCCCCC(O)c1ccc(N2C(=O)CC[C@@H]2CCCc2ccc(C(=O)OC[C@H]3OC(C)(C)O[C@@H]3CO)s2)cc1. The fraction of sp³-hybridized carbons (Fsp3) is 0.613. The van der Waals surface area contributed by atoms with Gasteiger partial charge in [0, 0.05) is 23.0 Å². The van der Waals surface area contributed by atoms with Gasteiger partial charge in [0.15, 0.2) is 5.79 Å². The number of carbonyl (C=O) groups excluding carboxylic acids is 2. The number of ether oxygens (including phenoxy) is 3. The standard InChI is InChI=1S/C31H43NO7S/c1-4-5-6-10-25(34)21-11-13-23(14-12-21)32-22(15-18-29(32)35)8-7-9-24-16-17-28(40-24)30(36)37-20-27-26(19-33)38-31(2,3)39-27/h11-14,16-17,22,25-27,33-34H,4-10,15,18-20H2,1-3H3/t22-,25?,26+,27+/m0/s1. The maximum absolute atomic E-state index is 12.7. The Bertz CT molecular complexity index is 1120. The summed E-state index contributed by atoms with van der Waals surface area (Å²) >= 11 is 1.42. The van der Waals surface area contributed by atoms with Crippen LogP contribution in [0.1, 0.15) is 98.4 Å². The third kappa shape index (κ3) is 7.91. The number of amides is 1. The summed E-state index contributed by atoms with van der Waals surface area (Å²) in [5.41, 5.74) is 1.79. The van der Waals surface area contributed by atoms with Crippen LogP contribution in [0.5, 0.6) is 0 Å². The summed E-state index contributed by atoms with van der Waals surface area (Å²) in [6, 6.07) is 11.7. The predicted molar refractivity (Wildman–Crippen MR) is 155 cm³/mol. The lowest BCUT2D eigenvalue weighted by atomic mass is 10.0. The van der Waals surface area contributed by atoms with Crippen molar-refractivity contribution in [2.75, 3.05) is 18.1 Å². The number of thiophene rings is 1. The first-order valence-corrected chi connectivity index (χ1v) is 15.3. The summed E-state index contributed by atoms with van der Waals surface area (Å²) in [5.74, 6) is -1.08. The molecule has 4 atom stereocenters. The van der Waals surface area contributed by atoms with E-state index in [4.69, 9.17) is 14.2 Å². The monoisotopic (exact) mass is 573 g/mol. The zero-order chi connectivity index (χ0) is 28.7. The molecular weight excluding hydrogens is 530 g/mol. The van der Waals surface area contributed by atoms with E-state index in [9.17, 15) is 19.8 Å². The van der Waals surface area contributed by atoms with E-state index in [1.807, 2.05) is 35.2 Å². The summed E-state index contributed by atoms with van der Waals surface area (Å²) < 4.78 is 16.8. The zero-order valence-corrected chi connectivity index (χ0v) is 24.7. The average molecular weight is 574 g/mol. The molecule has 1 aromatic carbocycles. The Balaban J connectivity index is 1.25. The molecule has 4 rings (SSSR count). The Morgan fingerprint density at radius 2 is 1.88 bits per heavy atom. The van der Waals surface area contributed by atoms with Crippen molar-refractivity contribution in [1.29, 1.82) is 0 Å². The molecule has 8 nitrogen and oxygen atoms in total. The van der Waals surface area contributed by atoms with Crippen molar-refractivity contribution in [1.82, 2.24) is 0 Å². The number of unbranched alkanes of at least 4 members (excludes halogenated alkanes) is 2. The van der Waals surface area contributed by atoms with E-state index in [1.54, 1.807) is 19.9 Å². The largest absolute Gasteiger partial charge is 0.459 e. The van der Waals surface area contributed by atoms with Crippen molar-refractivity contribution in [2.24, 2.45) is 0 Å². The number of aliphatic hydroxyl groups excluding tert-OH is 2. The number of esters is 1. The molecule has 2 aliphatic rings. The molecule has 2 saturated heterocycles. The van der Waals surface area contributed by atoms with Crippen LogP contribution in [-0.2, 0) is 25.4 Å². The minimum absolute atomic E-state index is 0.0189. The van der Waals surface area contributed by atoms with Crippen LogP contribution in [0.2, 0.25) is 0 Å². The van der Waals surface area contributed by atoms with Gasteiger partial charge in [0.1, 0.15) is 23.7 Å². The molecule has 1 amide bonds. The number of carbonyl (C=O) groups is 2. The van der Waals surface area contributed by atoms with Crippen molar-refractivity contribution < 1.29 is 34.0 Å². The molecule has 9 heteroatoms. The van der Waals surface area contributed by atoms with Crippen LogP contribution in [-0.4, -0.2) is 59.3 Å². The summed E-state index contributed by atoms with van der Waals surface area (Å²) in [5, 5.41) is 20.0. The molecule has 3 heterocycles. The first-order valence-electron chi connectivity index (χ1n) is 14.5. The third-order valence-electron chi connectivity index (χ3n) is 7.63. The first kappa shape index (κ1) is 30.7. The van der Waals surface area contributed by atoms with Gasteiger partial charge < -0.3 is 29.3 Å². The van der Waals surface area contributed by atoms with Gasteiger partial charge >= 0.3 is 5.97 Å². The van der Waals surface area contributed by atoms with Crippen molar-refractivity contribution in [2.45, 2.75) is 109 Å². The molecule has 1 unspecified atom stereocenters. The Hall–Kier alpha value is -2.30. The maximum Gasteiger partial charge on any atom is 0.348 e. The van der Waals surface area contributed by atoms with E-state index in [2.05, 4.69) is 6.92 Å².